The molecule has 7 nitrogen and oxygen atoms in total. The van der Waals surface area contributed by atoms with Crippen LogP contribution in [0.4, 0.5) is 10.5 Å². The van der Waals surface area contributed by atoms with E-state index in [1.807, 2.05) is 34.6 Å². The second-order valence-corrected chi connectivity index (χ2v) is 10.1. The monoisotopic (exact) mass is 517 g/mol. The van der Waals surface area contributed by atoms with Gasteiger partial charge in [0.1, 0.15) is 15.9 Å². The third-order valence-corrected chi connectivity index (χ3v) is 6.11. The fraction of sp³-hybridized carbons (Fsp3) is 0.632. The van der Waals surface area contributed by atoms with Crippen LogP contribution in [0.3, 0.4) is 0 Å². The number of fused-ring (bicyclic) bond motifs is 1. The molecule has 0 unspecified atom stereocenters. The molecule has 0 aliphatic carbocycles. The Labute approximate surface area is 182 Å². The quantitative estimate of drug-likeness (QED) is 0.427. The Morgan fingerprint density at radius 2 is 2.07 bits per heavy atom. The minimum absolute atomic E-state index is 0.0789. The number of anilines is 1. The summed E-state index contributed by atoms with van der Waals surface area (Å²) in [5.41, 5.74) is -0.0579. The van der Waals surface area contributed by atoms with E-state index in [1.165, 1.54) is 0 Å². The number of carbonyl (C=O) groups is 2. The van der Waals surface area contributed by atoms with Crippen molar-refractivity contribution < 1.29 is 19.1 Å². The summed E-state index contributed by atoms with van der Waals surface area (Å²) in [5.74, 6) is 0. The minimum atomic E-state index is -0.767. The Morgan fingerprint density at radius 3 is 2.68 bits per heavy atom. The average Bonchev–Trinajstić information content (AvgIpc) is 2.83. The van der Waals surface area contributed by atoms with Crippen molar-refractivity contribution in [3.63, 3.8) is 0 Å². The zero-order valence-electron chi connectivity index (χ0n) is 16.7. The average molecular weight is 519 g/mol. The molecule has 28 heavy (non-hydrogen) atoms. The maximum absolute atomic E-state index is 12.8. The zero-order valence-corrected chi connectivity index (χ0v) is 19.8. The summed E-state index contributed by atoms with van der Waals surface area (Å²) in [4.78, 5) is 32.5. The van der Waals surface area contributed by atoms with Crippen molar-refractivity contribution in [2.75, 3.05) is 18.0 Å². The Hall–Kier alpha value is -1.19. The molecule has 0 radical (unpaired) electrons. The number of rotatable bonds is 2. The number of amides is 1. The van der Waals surface area contributed by atoms with Crippen molar-refractivity contribution in [1.29, 1.82) is 0 Å². The lowest BCUT2D eigenvalue weighted by Gasteiger charge is -2.39. The lowest BCUT2D eigenvalue weighted by molar-refractivity contribution is -0.0766. The summed E-state index contributed by atoms with van der Waals surface area (Å²) in [6, 6.07) is -0.0789. The van der Waals surface area contributed by atoms with E-state index in [0.29, 0.717) is 29.7 Å². The highest BCUT2D eigenvalue weighted by Crippen LogP contribution is 2.41. The predicted octanol–water partition coefficient (Wildman–Crippen LogP) is 4.37. The summed E-state index contributed by atoms with van der Waals surface area (Å²) >= 11 is 6.86. The van der Waals surface area contributed by atoms with Crippen LogP contribution in [-0.2, 0) is 9.47 Å². The first-order valence-electron chi connectivity index (χ1n) is 9.19. The molecule has 0 aromatic carbocycles. The maximum Gasteiger partial charge on any atom is 0.412 e. The lowest BCUT2D eigenvalue weighted by Crippen LogP contribution is -2.54. The van der Waals surface area contributed by atoms with E-state index in [9.17, 15) is 9.59 Å². The van der Waals surface area contributed by atoms with Gasteiger partial charge in [-0.2, -0.15) is 0 Å². The largest absolute Gasteiger partial charge is 0.444 e. The fourth-order valence-corrected chi connectivity index (χ4v) is 4.86. The van der Waals surface area contributed by atoms with Crippen molar-refractivity contribution in [1.82, 2.24) is 9.88 Å². The molecule has 9 heteroatoms. The highest BCUT2D eigenvalue weighted by molar-refractivity contribution is 9.11. The van der Waals surface area contributed by atoms with Crippen LogP contribution in [0.1, 0.15) is 51.4 Å². The molecule has 1 aromatic rings. The van der Waals surface area contributed by atoms with Gasteiger partial charge in [0.2, 0.25) is 0 Å². The number of hydrogen-bond acceptors (Lipinski definition) is 6. The molecule has 0 spiro atoms. The second-order valence-electron chi connectivity index (χ2n) is 8.53. The van der Waals surface area contributed by atoms with E-state index in [4.69, 9.17) is 9.47 Å². The van der Waals surface area contributed by atoms with Crippen molar-refractivity contribution in [2.45, 2.75) is 64.5 Å². The van der Waals surface area contributed by atoms with Gasteiger partial charge in [-0.15, -0.1) is 0 Å². The number of carbonyl (C=O) groups excluding carboxylic acids is 2. The summed E-state index contributed by atoms with van der Waals surface area (Å²) in [6.45, 7) is 10.6. The molecular weight excluding hydrogens is 494 g/mol. The SMILES string of the molecule is CC(C)(C)OC(=O)N1[C@@H]2CCN(c3c(Br)cnc(Br)c3C=O)C[C@@H]2OC1(C)C. The number of halogens is 2. The molecule has 1 amide bonds. The van der Waals surface area contributed by atoms with Gasteiger partial charge in [0, 0.05) is 19.3 Å². The Morgan fingerprint density at radius 1 is 1.39 bits per heavy atom. The summed E-state index contributed by atoms with van der Waals surface area (Å²) in [7, 11) is 0. The van der Waals surface area contributed by atoms with Crippen molar-refractivity contribution >= 4 is 49.9 Å². The fourth-order valence-electron chi connectivity index (χ4n) is 3.91. The normalized spacial score (nSPS) is 24.1. The van der Waals surface area contributed by atoms with Crippen LogP contribution in [-0.4, -0.2) is 58.8 Å². The Bertz CT molecular complexity index is 794. The standard InChI is InChI=1S/C19H25Br2N3O4/c1-18(2,3)28-17(26)24-13-6-7-23(9-14(13)27-19(24,4)5)15-11(10-25)16(21)22-8-12(15)20/h8,10,13-14H,6-7,9H2,1-5H3/t13-,14+/m1/s1. The van der Waals surface area contributed by atoms with E-state index in [0.717, 1.165) is 16.4 Å². The van der Waals surface area contributed by atoms with E-state index >= 15 is 0 Å². The third kappa shape index (κ3) is 4.07. The number of piperidine rings is 1. The van der Waals surface area contributed by atoms with Crippen LogP contribution in [0.2, 0.25) is 0 Å². The molecule has 3 heterocycles. The smallest absolute Gasteiger partial charge is 0.412 e. The molecule has 2 aliphatic heterocycles. The molecular formula is C19H25Br2N3O4. The van der Waals surface area contributed by atoms with Crippen LogP contribution in [0.25, 0.3) is 0 Å². The molecule has 1 aromatic heterocycles. The predicted molar refractivity (Wildman–Crippen MR) is 113 cm³/mol. The van der Waals surface area contributed by atoms with E-state index in [2.05, 4.69) is 41.7 Å². The Kier molecular flexibility index (Phi) is 5.82. The Balaban J connectivity index is 1.86. The first-order chi connectivity index (χ1) is 12.9. The number of hydrogen-bond donors (Lipinski definition) is 0. The lowest BCUT2D eigenvalue weighted by atomic mass is 10.00. The van der Waals surface area contributed by atoms with Crippen LogP contribution < -0.4 is 4.90 Å². The van der Waals surface area contributed by atoms with Gasteiger partial charge in [0.25, 0.3) is 0 Å². The van der Waals surface area contributed by atoms with Crippen molar-refractivity contribution in [3.05, 3.63) is 20.8 Å². The number of aldehydes is 1. The van der Waals surface area contributed by atoms with Crippen LogP contribution >= 0.6 is 31.9 Å². The first-order valence-corrected chi connectivity index (χ1v) is 10.8. The minimum Gasteiger partial charge on any atom is -0.444 e. The van der Waals surface area contributed by atoms with E-state index < -0.39 is 11.3 Å². The molecule has 154 valence electrons. The highest BCUT2D eigenvalue weighted by Gasteiger charge is 2.53. The van der Waals surface area contributed by atoms with Crippen LogP contribution in [0.5, 0.6) is 0 Å². The topological polar surface area (TPSA) is 72.0 Å². The maximum atomic E-state index is 12.8. The van der Waals surface area contributed by atoms with E-state index in [1.54, 1.807) is 11.1 Å². The number of pyridine rings is 1. The van der Waals surface area contributed by atoms with Gasteiger partial charge >= 0.3 is 6.09 Å². The van der Waals surface area contributed by atoms with E-state index in [-0.39, 0.29) is 18.2 Å². The molecule has 0 saturated carbocycles. The van der Waals surface area contributed by atoms with Gasteiger partial charge in [-0.1, -0.05) is 0 Å². The number of nitrogens with zero attached hydrogens (tertiary/aromatic N) is 3. The van der Waals surface area contributed by atoms with Gasteiger partial charge < -0.3 is 14.4 Å². The molecule has 2 atom stereocenters. The van der Waals surface area contributed by atoms with Crippen LogP contribution in [0.15, 0.2) is 15.3 Å². The molecule has 3 rings (SSSR count). The number of ether oxygens (including phenoxy) is 2. The second kappa shape index (κ2) is 7.57. The third-order valence-electron chi connectivity index (χ3n) is 4.89. The summed E-state index contributed by atoms with van der Waals surface area (Å²) in [5, 5.41) is 0. The van der Waals surface area contributed by atoms with Gasteiger partial charge in [0.15, 0.2) is 6.29 Å². The molecule has 2 saturated heterocycles. The first kappa shape index (κ1) is 21.5. The zero-order chi connectivity index (χ0) is 20.9. The highest BCUT2D eigenvalue weighted by atomic mass is 79.9. The summed E-state index contributed by atoms with van der Waals surface area (Å²) in [6.07, 6.45) is 2.63. The molecule has 2 fully saturated rings. The van der Waals surface area contributed by atoms with Gasteiger partial charge in [0.05, 0.1) is 27.9 Å². The van der Waals surface area contributed by atoms with Crippen molar-refractivity contribution in [3.8, 4) is 0 Å². The number of aromatic nitrogens is 1. The summed E-state index contributed by atoms with van der Waals surface area (Å²) < 4.78 is 13.1. The van der Waals surface area contributed by atoms with Gasteiger partial charge in [-0.3, -0.25) is 9.69 Å². The van der Waals surface area contributed by atoms with Crippen LogP contribution in [0, 0.1) is 0 Å². The molecule has 2 aliphatic rings. The van der Waals surface area contributed by atoms with Gasteiger partial charge in [-0.25, -0.2) is 9.78 Å². The van der Waals surface area contributed by atoms with Crippen molar-refractivity contribution in [2.24, 2.45) is 0 Å². The molecule has 0 N–H and O–H groups in total. The molecule has 0 bridgehead atoms. The van der Waals surface area contributed by atoms with Gasteiger partial charge in [-0.05, 0) is 72.9 Å².